The lowest BCUT2D eigenvalue weighted by Crippen LogP contribution is -1.76. The molecule has 0 radical (unpaired) electrons. The summed E-state index contributed by atoms with van der Waals surface area (Å²) in [4.78, 5) is 2.22. The highest BCUT2D eigenvalue weighted by molar-refractivity contribution is 7.12. The van der Waals surface area contributed by atoms with E-state index in [9.17, 15) is 0 Å². The van der Waals surface area contributed by atoms with Gasteiger partial charge in [0, 0.05) is 14.8 Å². The summed E-state index contributed by atoms with van der Waals surface area (Å²) < 4.78 is 0. The van der Waals surface area contributed by atoms with Crippen molar-refractivity contribution in [2.75, 3.05) is 0 Å². The van der Waals surface area contributed by atoms with Crippen LogP contribution in [0.5, 0.6) is 0 Å². The molecule has 0 spiro atoms. The Morgan fingerprint density at radius 1 is 1.27 bits per heavy atom. The maximum absolute atomic E-state index is 9.06. The van der Waals surface area contributed by atoms with Crippen molar-refractivity contribution < 1.29 is 5.11 Å². The first-order valence-electron chi connectivity index (χ1n) is 4.67. The maximum atomic E-state index is 9.06. The van der Waals surface area contributed by atoms with Crippen molar-refractivity contribution in [3.8, 4) is 11.1 Å². The van der Waals surface area contributed by atoms with Gasteiger partial charge in [0.25, 0.3) is 0 Å². The summed E-state index contributed by atoms with van der Waals surface area (Å²) >= 11 is 7.46. The van der Waals surface area contributed by atoms with Gasteiger partial charge in [-0.3, -0.25) is 0 Å². The molecule has 0 aliphatic heterocycles. The Labute approximate surface area is 98.0 Å². The molecule has 15 heavy (non-hydrogen) atoms. The van der Waals surface area contributed by atoms with Crippen molar-refractivity contribution in [2.24, 2.45) is 0 Å². The topological polar surface area (TPSA) is 20.2 Å². The largest absolute Gasteiger partial charge is 0.391 e. The van der Waals surface area contributed by atoms with Gasteiger partial charge in [-0.15, -0.1) is 11.3 Å². The summed E-state index contributed by atoms with van der Waals surface area (Å²) in [5, 5.41) is 9.80. The third-order valence-electron chi connectivity index (χ3n) is 2.28. The Morgan fingerprint density at radius 2 is 1.93 bits per heavy atom. The molecule has 0 amide bonds. The lowest BCUT2D eigenvalue weighted by atomic mass is 10.1. The molecule has 0 fully saturated rings. The lowest BCUT2D eigenvalue weighted by molar-refractivity contribution is 0.285. The van der Waals surface area contributed by atoms with Gasteiger partial charge in [0.05, 0.1) is 6.61 Å². The van der Waals surface area contributed by atoms with Gasteiger partial charge in [0.15, 0.2) is 0 Å². The number of thiophene rings is 1. The quantitative estimate of drug-likeness (QED) is 0.842. The van der Waals surface area contributed by atoms with E-state index in [1.165, 1.54) is 10.4 Å². The number of benzene rings is 1. The number of rotatable bonds is 2. The third kappa shape index (κ3) is 2.23. The highest BCUT2D eigenvalue weighted by Gasteiger charge is 2.06. The second kappa shape index (κ2) is 4.35. The minimum absolute atomic E-state index is 0.110. The van der Waals surface area contributed by atoms with Crippen LogP contribution < -0.4 is 0 Å². The zero-order chi connectivity index (χ0) is 10.8. The molecule has 0 aliphatic rings. The highest BCUT2D eigenvalue weighted by atomic mass is 35.5. The minimum atomic E-state index is 0.110. The maximum Gasteiger partial charge on any atom is 0.0774 e. The predicted octanol–water partition coefficient (Wildman–Crippen LogP) is 3.87. The summed E-state index contributed by atoms with van der Waals surface area (Å²) in [6.45, 7) is 2.17. The first-order chi connectivity index (χ1) is 7.20. The summed E-state index contributed by atoms with van der Waals surface area (Å²) in [7, 11) is 0. The van der Waals surface area contributed by atoms with E-state index < -0.39 is 0 Å². The van der Waals surface area contributed by atoms with Gasteiger partial charge < -0.3 is 5.11 Å². The second-order valence-corrected chi connectivity index (χ2v) is 5.12. The molecule has 1 N–H and O–H groups in total. The molecule has 2 rings (SSSR count). The highest BCUT2D eigenvalue weighted by Crippen LogP contribution is 2.31. The van der Waals surface area contributed by atoms with Crippen molar-refractivity contribution in [1.29, 1.82) is 0 Å². The van der Waals surface area contributed by atoms with Crippen LogP contribution in [-0.2, 0) is 6.61 Å². The summed E-state index contributed by atoms with van der Waals surface area (Å²) in [5.74, 6) is 0. The Morgan fingerprint density at radius 3 is 2.47 bits per heavy atom. The van der Waals surface area contributed by atoms with Crippen molar-refractivity contribution in [3.63, 3.8) is 0 Å². The SMILES string of the molecule is Cc1sc(CO)cc1-c1ccc(Cl)cc1. The molecule has 1 aromatic heterocycles. The number of aliphatic hydroxyl groups excluding tert-OH is 1. The van der Waals surface area contributed by atoms with Gasteiger partial charge >= 0.3 is 0 Å². The van der Waals surface area contributed by atoms with Gasteiger partial charge in [0.1, 0.15) is 0 Å². The normalized spacial score (nSPS) is 10.6. The van der Waals surface area contributed by atoms with E-state index in [2.05, 4.69) is 6.92 Å². The van der Waals surface area contributed by atoms with Crippen LogP contribution in [-0.4, -0.2) is 5.11 Å². The third-order valence-corrected chi connectivity index (χ3v) is 3.57. The van der Waals surface area contributed by atoms with Gasteiger partial charge in [-0.05, 0) is 36.2 Å². The Kier molecular flexibility index (Phi) is 3.10. The average molecular weight is 239 g/mol. The van der Waals surface area contributed by atoms with E-state index in [1.54, 1.807) is 11.3 Å². The monoisotopic (exact) mass is 238 g/mol. The molecule has 3 heteroatoms. The fourth-order valence-corrected chi connectivity index (χ4v) is 2.58. The first kappa shape index (κ1) is 10.7. The van der Waals surface area contributed by atoms with E-state index in [-0.39, 0.29) is 6.61 Å². The summed E-state index contributed by atoms with van der Waals surface area (Å²) in [5.41, 5.74) is 2.33. The molecule has 0 saturated carbocycles. The predicted molar refractivity (Wildman–Crippen MR) is 65.4 cm³/mol. The van der Waals surface area contributed by atoms with Gasteiger partial charge in [-0.2, -0.15) is 0 Å². The van der Waals surface area contributed by atoms with Gasteiger partial charge in [0.2, 0.25) is 0 Å². The molecule has 2 aromatic rings. The van der Waals surface area contributed by atoms with Crippen LogP contribution in [0.3, 0.4) is 0 Å². The molecule has 0 atom stereocenters. The number of halogens is 1. The van der Waals surface area contributed by atoms with Crippen LogP contribution in [0.15, 0.2) is 30.3 Å². The number of hydrogen-bond acceptors (Lipinski definition) is 2. The molecule has 0 unspecified atom stereocenters. The summed E-state index contributed by atoms with van der Waals surface area (Å²) in [6, 6.07) is 9.79. The molecule has 0 saturated heterocycles. The van der Waals surface area contributed by atoms with Crippen molar-refractivity contribution in [1.82, 2.24) is 0 Å². The van der Waals surface area contributed by atoms with Crippen LogP contribution >= 0.6 is 22.9 Å². The standard InChI is InChI=1S/C12H11ClOS/c1-8-12(6-11(7-14)15-8)9-2-4-10(13)5-3-9/h2-6,14H,7H2,1H3. The number of aryl methyl sites for hydroxylation is 1. The lowest BCUT2D eigenvalue weighted by Gasteiger charge is -1.99. The van der Waals surface area contributed by atoms with Crippen molar-refractivity contribution in [2.45, 2.75) is 13.5 Å². The minimum Gasteiger partial charge on any atom is -0.391 e. The van der Waals surface area contributed by atoms with Gasteiger partial charge in [-0.1, -0.05) is 23.7 Å². The van der Waals surface area contributed by atoms with Gasteiger partial charge in [-0.25, -0.2) is 0 Å². The number of aliphatic hydroxyl groups is 1. The Hall–Kier alpha value is -0.830. The van der Waals surface area contributed by atoms with Crippen LogP contribution in [0.4, 0.5) is 0 Å². The van der Waals surface area contributed by atoms with Crippen LogP contribution in [0.2, 0.25) is 5.02 Å². The molecule has 0 bridgehead atoms. The van der Waals surface area contributed by atoms with E-state index in [0.717, 1.165) is 15.5 Å². The fraction of sp³-hybridized carbons (Fsp3) is 0.167. The molecule has 1 aromatic carbocycles. The van der Waals surface area contributed by atoms with E-state index >= 15 is 0 Å². The zero-order valence-electron chi connectivity index (χ0n) is 8.33. The van der Waals surface area contributed by atoms with E-state index in [0.29, 0.717) is 0 Å². The van der Waals surface area contributed by atoms with Crippen molar-refractivity contribution >= 4 is 22.9 Å². The molecule has 0 aliphatic carbocycles. The molecule has 1 nitrogen and oxygen atoms in total. The molecular formula is C12H11ClOS. The second-order valence-electron chi connectivity index (χ2n) is 3.35. The molecular weight excluding hydrogens is 228 g/mol. The fourth-order valence-electron chi connectivity index (χ4n) is 1.54. The Balaban J connectivity index is 2.44. The van der Waals surface area contributed by atoms with E-state index in [1.807, 2.05) is 30.3 Å². The smallest absolute Gasteiger partial charge is 0.0774 e. The first-order valence-corrected chi connectivity index (χ1v) is 5.86. The van der Waals surface area contributed by atoms with E-state index in [4.69, 9.17) is 16.7 Å². The number of hydrogen-bond donors (Lipinski definition) is 1. The summed E-state index contributed by atoms with van der Waals surface area (Å²) in [6.07, 6.45) is 0. The molecule has 78 valence electrons. The van der Waals surface area contributed by atoms with Crippen LogP contribution in [0, 0.1) is 6.92 Å². The Bertz CT molecular complexity index is 459. The van der Waals surface area contributed by atoms with Crippen LogP contribution in [0.1, 0.15) is 9.75 Å². The van der Waals surface area contributed by atoms with Crippen LogP contribution in [0.25, 0.3) is 11.1 Å². The van der Waals surface area contributed by atoms with Crippen molar-refractivity contribution in [3.05, 3.63) is 45.1 Å². The zero-order valence-corrected chi connectivity index (χ0v) is 9.90. The molecule has 1 heterocycles. The average Bonchev–Trinajstić information content (AvgIpc) is 2.61.